The van der Waals surface area contributed by atoms with Crippen molar-refractivity contribution in [3.05, 3.63) is 87.9 Å². The van der Waals surface area contributed by atoms with E-state index in [0.29, 0.717) is 5.02 Å². The van der Waals surface area contributed by atoms with Crippen LogP contribution >= 0.6 is 23.2 Å². The highest BCUT2D eigenvalue weighted by Gasteiger charge is 2.36. The summed E-state index contributed by atoms with van der Waals surface area (Å²) in [4.78, 5) is 38.1. The van der Waals surface area contributed by atoms with Gasteiger partial charge in [0.25, 0.3) is 11.8 Å². The zero-order valence-electron chi connectivity index (χ0n) is 17.4. The summed E-state index contributed by atoms with van der Waals surface area (Å²) in [6, 6.07) is 13.6. The fourth-order valence-electron chi connectivity index (χ4n) is 3.10. The van der Waals surface area contributed by atoms with Crippen LogP contribution in [0.1, 0.15) is 5.56 Å². The fraction of sp³-hybridized carbons (Fsp3) is 0. The highest BCUT2D eigenvalue weighted by Crippen LogP contribution is 2.30. The monoisotopic (exact) mass is 532 g/mol. The lowest BCUT2D eigenvalue weighted by atomic mass is 10.1. The minimum Gasteiger partial charge on any atom is -0.508 e. The number of nitrogens with one attached hydrogen (secondary N) is 1. The Morgan fingerprint density at radius 2 is 1.57 bits per heavy atom. The minimum atomic E-state index is -4.20. The van der Waals surface area contributed by atoms with Crippen molar-refractivity contribution in [3.8, 4) is 11.5 Å². The van der Waals surface area contributed by atoms with Crippen LogP contribution in [0.5, 0.6) is 11.5 Å². The smallest absolute Gasteiger partial charge is 0.339 e. The van der Waals surface area contributed by atoms with E-state index in [-0.39, 0.29) is 38.2 Å². The third kappa shape index (κ3) is 5.14. The molecule has 35 heavy (non-hydrogen) atoms. The summed E-state index contributed by atoms with van der Waals surface area (Å²) in [5.74, 6) is -2.06. The predicted molar refractivity (Wildman–Crippen MR) is 128 cm³/mol. The number of carbonyl (C=O) groups excluding carboxylic acids is 3. The van der Waals surface area contributed by atoms with E-state index in [2.05, 4.69) is 5.32 Å². The number of aromatic hydroxyl groups is 1. The van der Waals surface area contributed by atoms with E-state index < -0.39 is 28.0 Å². The molecular weight excluding hydrogens is 519 g/mol. The summed E-state index contributed by atoms with van der Waals surface area (Å²) in [6.07, 6.45) is 1.20. The first-order valence-electron chi connectivity index (χ1n) is 9.75. The van der Waals surface area contributed by atoms with Gasteiger partial charge in [-0.05, 0) is 72.3 Å². The third-order valence-electron chi connectivity index (χ3n) is 4.78. The first-order valence-corrected chi connectivity index (χ1v) is 11.9. The van der Waals surface area contributed by atoms with Crippen LogP contribution in [-0.2, 0) is 19.7 Å². The van der Waals surface area contributed by atoms with Gasteiger partial charge in [-0.15, -0.1) is 0 Å². The van der Waals surface area contributed by atoms with Crippen molar-refractivity contribution in [3.63, 3.8) is 0 Å². The summed E-state index contributed by atoms with van der Waals surface area (Å²) in [6.45, 7) is 0. The van der Waals surface area contributed by atoms with E-state index in [4.69, 9.17) is 27.4 Å². The molecule has 2 N–H and O–H groups in total. The normalized spacial score (nSPS) is 15.3. The number of anilines is 1. The Balaban J connectivity index is 1.61. The van der Waals surface area contributed by atoms with Gasteiger partial charge in [-0.1, -0.05) is 29.3 Å². The van der Waals surface area contributed by atoms with Gasteiger partial charge < -0.3 is 9.29 Å². The number of imide groups is 2. The number of nitrogens with zero attached hydrogens (tertiary/aromatic N) is 1. The van der Waals surface area contributed by atoms with Crippen LogP contribution in [0.3, 0.4) is 0 Å². The second kappa shape index (κ2) is 9.41. The number of rotatable bonds is 5. The SMILES string of the molecule is O=C1NC(=O)N(c2ccc(O)cc2)C(=O)/C1=C/c1ccc(OS(=O)(=O)c2ccc(Cl)cc2)c(Cl)c1. The molecule has 0 spiro atoms. The average Bonchev–Trinajstić information content (AvgIpc) is 2.80. The molecule has 3 aromatic carbocycles. The quantitative estimate of drug-likeness (QED) is 0.287. The predicted octanol–water partition coefficient (Wildman–Crippen LogP) is 4.13. The number of phenolic OH excluding ortho intramolecular Hbond substituents is 1. The average molecular weight is 533 g/mol. The molecule has 9 nitrogen and oxygen atoms in total. The number of amides is 4. The molecule has 12 heteroatoms. The molecule has 4 amide bonds. The Kier molecular flexibility index (Phi) is 6.53. The van der Waals surface area contributed by atoms with Gasteiger partial charge in [-0.25, -0.2) is 9.69 Å². The Bertz CT molecular complexity index is 1490. The van der Waals surface area contributed by atoms with Crippen LogP contribution in [0.25, 0.3) is 6.08 Å². The zero-order valence-corrected chi connectivity index (χ0v) is 19.8. The van der Waals surface area contributed by atoms with Gasteiger partial charge in [0.15, 0.2) is 5.75 Å². The molecule has 1 saturated heterocycles. The molecular formula is C23H14Cl2N2O7S. The molecule has 1 fully saturated rings. The number of halogens is 2. The van der Waals surface area contributed by atoms with Crippen molar-refractivity contribution < 1.29 is 32.1 Å². The molecule has 0 aliphatic carbocycles. The molecule has 3 aromatic rings. The molecule has 1 heterocycles. The Labute approximate surface area is 209 Å². The number of phenols is 1. The number of hydrogen-bond donors (Lipinski definition) is 2. The number of urea groups is 1. The molecule has 0 aromatic heterocycles. The van der Waals surface area contributed by atoms with Crippen LogP contribution in [0.4, 0.5) is 10.5 Å². The topological polar surface area (TPSA) is 130 Å². The highest BCUT2D eigenvalue weighted by atomic mass is 35.5. The lowest BCUT2D eigenvalue weighted by Crippen LogP contribution is -2.54. The number of hydrogen-bond acceptors (Lipinski definition) is 7. The maximum absolute atomic E-state index is 12.9. The van der Waals surface area contributed by atoms with E-state index in [1.54, 1.807) is 0 Å². The van der Waals surface area contributed by atoms with Crippen LogP contribution in [-0.4, -0.2) is 31.4 Å². The lowest BCUT2D eigenvalue weighted by molar-refractivity contribution is -0.122. The van der Waals surface area contributed by atoms with Gasteiger partial charge in [0.1, 0.15) is 16.2 Å². The van der Waals surface area contributed by atoms with E-state index in [1.165, 1.54) is 72.8 Å². The molecule has 0 atom stereocenters. The maximum atomic E-state index is 12.9. The Hall–Kier alpha value is -3.86. The van der Waals surface area contributed by atoms with E-state index >= 15 is 0 Å². The molecule has 4 rings (SSSR count). The Morgan fingerprint density at radius 1 is 0.914 bits per heavy atom. The van der Waals surface area contributed by atoms with Crippen LogP contribution in [0.15, 0.2) is 77.2 Å². The van der Waals surface area contributed by atoms with Crippen LogP contribution < -0.4 is 14.4 Å². The largest absolute Gasteiger partial charge is 0.508 e. The molecule has 0 radical (unpaired) electrons. The lowest BCUT2D eigenvalue weighted by Gasteiger charge is -2.26. The van der Waals surface area contributed by atoms with E-state index in [1.807, 2.05) is 0 Å². The summed E-state index contributed by atoms with van der Waals surface area (Å²) in [5, 5.41) is 11.8. The summed E-state index contributed by atoms with van der Waals surface area (Å²) < 4.78 is 30.1. The van der Waals surface area contributed by atoms with Crippen molar-refractivity contribution in [1.29, 1.82) is 0 Å². The molecule has 178 valence electrons. The van der Waals surface area contributed by atoms with Gasteiger partial charge in [-0.2, -0.15) is 8.42 Å². The standard InChI is InChI=1S/C23H14Cl2N2O7S/c24-14-2-8-17(9-3-14)35(32,33)34-20-10-1-13(12-19(20)25)11-18-21(29)26-23(31)27(22(18)30)15-4-6-16(28)7-5-15/h1-12,28H,(H,26,29,31)/b18-11+. The Morgan fingerprint density at radius 3 is 2.20 bits per heavy atom. The third-order valence-corrected chi connectivity index (χ3v) is 6.57. The highest BCUT2D eigenvalue weighted by molar-refractivity contribution is 7.87. The van der Waals surface area contributed by atoms with Crippen molar-refractivity contribution >= 4 is 62.9 Å². The maximum Gasteiger partial charge on any atom is 0.339 e. The molecule has 0 saturated carbocycles. The second-order valence-corrected chi connectivity index (χ2v) is 9.55. The van der Waals surface area contributed by atoms with E-state index in [9.17, 15) is 27.9 Å². The van der Waals surface area contributed by atoms with Gasteiger partial charge in [0, 0.05) is 5.02 Å². The van der Waals surface area contributed by atoms with Crippen LogP contribution in [0, 0.1) is 0 Å². The molecule has 0 bridgehead atoms. The van der Waals surface area contributed by atoms with Crippen molar-refractivity contribution in [2.24, 2.45) is 0 Å². The van der Waals surface area contributed by atoms with Crippen molar-refractivity contribution in [2.45, 2.75) is 4.90 Å². The van der Waals surface area contributed by atoms with Gasteiger partial charge in [-0.3, -0.25) is 14.9 Å². The summed E-state index contributed by atoms with van der Waals surface area (Å²) >= 11 is 12.0. The molecule has 0 unspecified atom stereocenters. The molecule has 1 aliphatic rings. The zero-order chi connectivity index (χ0) is 25.3. The van der Waals surface area contributed by atoms with Crippen LogP contribution in [0.2, 0.25) is 10.0 Å². The number of carbonyl (C=O) groups is 3. The first-order chi connectivity index (χ1) is 16.5. The second-order valence-electron chi connectivity index (χ2n) is 7.16. The van der Waals surface area contributed by atoms with E-state index in [0.717, 1.165) is 4.90 Å². The minimum absolute atomic E-state index is 0.0690. The van der Waals surface area contributed by atoms with Gasteiger partial charge in [0.2, 0.25) is 0 Å². The van der Waals surface area contributed by atoms with Gasteiger partial charge in [0.05, 0.1) is 10.7 Å². The summed E-state index contributed by atoms with van der Waals surface area (Å²) in [5.41, 5.74) is 0.0406. The molecule has 1 aliphatic heterocycles. The van der Waals surface area contributed by atoms with Crippen molar-refractivity contribution in [1.82, 2.24) is 5.32 Å². The fourth-order valence-corrected chi connectivity index (χ4v) is 4.45. The summed E-state index contributed by atoms with van der Waals surface area (Å²) in [7, 11) is -4.20. The van der Waals surface area contributed by atoms with Crippen molar-refractivity contribution in [2.75, 3.05) is 4.90 Å². The van der Waals surface area contributed by atoms with Gasteiger partial charge >= 0.3 is 16.1 Å². The number of benzene rings is 3. The first kappa shape index (κ1) is 24.3. The number of barbiturate groups is 1.